The number of rotatable bonds is 3. The van der Waals surface area contributed by atoms with Crippen molar-refractivity contribution in [3.63, 3.8) is 0 Å². The van der Waals surface area contributed by atoms with Crippen LogP contribution in [-0.4, -0.2) is 70.7 Å². The first-order valence-corrected chi connectivity index (χ1v) is 7.01. The molecule has 0 aromatic carbocycles. The van der Waals surface area contributed by atoms with Gasteiger partial charge in [0.2, 0.25) is 0 Å². The Hall–Kier alpha value is -1.99. The van der Waals surface area contributed by atoms with Crippen LogP contribution < -0.4 is 0 Å². The lowest BCUT2D eigenvalue weighted by Crippen LogP contribution is -2.44. The predicted octanol–water partition coefficient (Wildman–Crippen LogP) is 0.263. The maximum Gasteiger partial charge on any atom is 0.356 e. The molecule has 0 saturated carbocycles. The number of esters is 1. The average molecular weight is 289 g/mol. The molecule has 2 aromatic rings. The number of hydrogen-bond acceptors (Lipinski definition) is 6. The van der Waals surface area contributed by atoms with Crippen molar-refractivity contribution in [1.29, 1.82) is 0 Å². The van der Waals surface area contributed by atoms with Gasteiger partial charge in [-0.3, -0.25) is 4.90 Å². The van der Waals surface area contributed by atoms with Gasteiger partial charge in [0.25, 0.3) is 0 Å². The summed E-state index contributed by atoms with van der Waals surface area (Å²) >= 11 is 0. The van der Waals surface area contributed by atoms with Gasteiger partial charge in [-0.05, 0) is 19.2 Å². The molecule has 0 bridgehead atoms. The van der Waals surface area contributed by atoms with Crippen molar-refractivity contribution in [2.45, 2.75) is 6.54 Å². The molecule has 0 N–H and O–H groups in total. The molecule has 0 amide bonds. The third kappa shape index (κ3) is 2.88. The van der Waals surface area contributed by atoms with Gasteiger partial charge in [-0.15, -0.1) is 5.10 Å². The molecule has 1 aliphatic rings. The van der Waals surface area contributed by atoms with Gasteiger partial charge in [0.1, 0.15) is 0 Å². The van der Waals surface area contributed by atoms with Gasteiger partial charge in [-0.1, -0.05) is 6.07 Å². The summed E-state index contributed by atoms with van der Waals surface area (Å²) in [6.45, 7) is 4.84. The number of methoxy groups -OCH3 is 1. The minimum Gasteiger partial charge on any atom is -0.464 e. The molecule has 21 heavy (non-hydrogen) atoms. The molecule has 1 fully saturated rings. The number of nitrogens with zero attached hydrogens (tertiary/aromatic N) is 5. The van der Waals surface area contributed by atoms with Crippen molar-refractivity contribution in [3.05, 3.63) is 29.7 Å². The van der Waals surface area contributed by atoms with Crippen molar-refractivity contribution in [3.8, 4) is 0 Å². The first-order chi connectivity index (χ1) is 10.2. The molecule has 0 aliphatic carbocycles. The molecule has 0 spiro atoms. The summed E-state index contributed by atoms with van der Waals surface area (Å²) in [5.41, 5.74) is 1.06. The summed E-state index contributed by atoms with van der Waals surface area (Å²) in [7, 11) is 3.49. The normalized spacial score (nSPS) is 17.2. The lowest BCUT2D eigenvalue weighted by atomic mass is 10.3. The van der Waals surface area contributed by atoms with E-state index in [-0.39, 0.29) is 0 Å². The van der Waals surface area contributed by atoms with Crippen LogP contribution in [0.5, 0.6) is 0 Å². The van der Waals surface area contributed by atoms with Crippen LogP contribution in [0, 0.1) is 0 Å². The Labute approximate surface area is 123 Å². The Morgan fingerprint density at radius 2 is 2.05 bits per heavy atom. The Balaban J connectivity index is 1.82. The van der Waals surface area contributed by atoms with Crippen molar-refractivity contribution in [2.24, 2.45) is 0 Å². The second kappa shape index (κ2) is 5.79. The van der Waals surface area contributed by atoms with Gasteiger partial charge in [0.05, 0.1) is 13.7 Å². The lowest BCUT2D eigenvalue weighted by molar-refractivity contribution is 0.0590. The lowest BCUT2D eigenvalue weighted by Gasteiger charge is -2.31. The molecule has 3 rings (SSSR count). The van der Waals surface area contributed by atoms with Gasteiger partial charge in [0.15, 0.2) is 17.2 Å². The second-order valence-corrected chi connectivity index (χ2v) is 5.28. The van der Waals surface area contributed by atoms with E-state index in [0.29, 0.717) is 17.9 Å². The van der Waals surface area contributed by atoms with Crippen molar-refractivity contribution in [2.75, 3.05) is 40.3 Å². The number of piperazine rings is 1. The number of aromatic nitrogens is 3. The summed E-state index contributed by atoms with van der Waals surface area (Å²) in [6.07, 6.45) is 0. The largest absolute Gasteiger partial charge is 0.464 e. The number of likely N-dealkylation sites (N-methyl/N-ethyl adjacent to an activating group) is 1. The highest BCUT2D eigenvalue weighted by Crippen LogP contribution is 2.10. The van der Waals surface area contributed by atoms with Gasteiger partial charge in [-0.25, -0.2) is 14.3 Å². The zero-order valence-electron chi connectivity index (χ0n) is 12.3. The predicted molar refractivity (Wildman–Crippen MR) is 77.1 cm³/mol. The van der Waals surface area contributed by atoms with Crippen LogP contribution in [0.25, 0.3) is 5.65 Å². The summed E-state index contributed by atoms with van der Waals surface area (Å²) in [5, 5.41) is 4.44. The van der Waals surface area contributed by atoms with Gasteiger partial charge >= 0.3 is 5.97 Å². The highest BCUT2D eigenvalue weighted by atomic mass is 16.5. The Bertz CT molecular complexity index is 646. The molecular weight excluding hydrogens is 270 g/mol. The first-order valence-electron chi connectivity index (χ1n) is 7.01. The van der Waals surface area contributed by atoms with E-state index in [4.69, 9.17) is 4.74 Å². The fourth-order valence-electron chi connectivity index (χ4n) is 2.48. The van der Waals surface area contributed by atoms with Crippen LogP contribution in [0.3, 0.4) is 0 Å². The number of carbonyl (C=O) groups is 1. The molecule has 0 unspecified atom stereocenters. The zero-order chi connectivity index (χ0) is 14.8. The van der Waals surface area contributed by atoms with E-state index in [0.717, 1.165) is 32.0 Å². The molecule has 2 aromatic heterocycles. The molecule has 7 nitrogen and oxygen atoms in total. The van der Waals surface area contributed by atoms with Crippen LogP contribution in [0.15, 0.2) is 18.2 Å². The smallest absolute Gasteiger partial charge is 0.356 e. The Kier molecular flexibility index (Phi) is 3.85. The van der Waals surface area contributed by atoms with E-state index in [2.05, 4.69) is 26.9 Å². The number of fused-ring (bicyclic) bond motifs is 1. The number of hydrogen-bond donors (Lipinski definition) is 0. The summed E-state index contributed by atoms with van der Waals surface area (Å²) in [5.74, 6) is 0.326. The SMILES string of the molecule is COC(=O)c1cccc2nc(CN3CCN(C)CC3)nn12. The van der Waals surface area contributed by atoms with Gasteiger partial charge in [-0.2, -0.15) is 0 Å². The van der Waals surface area contributed by atoms with Crippen LogP contribution in [0.1, 0.15) is 16.3 Å². The molecule has 1 aliphatic heterocycles. The van der Waals surface area contributed by atoms with Crippen molar-refractivity contribution < 1.29 is 9.53 Å². The first kappa shape index (κ1) is 14.0. The summed E-state index contributed by atoms with van der Waals surface area (Å²) in [6, 6.07) is 5.32. The van der Waals surface area contributed by atoms with Crippen molar-refractivity contribution >= 4 is 11.6 Å². The second-order valence-electron chi connectivity index (χ2n) is 5.28. The third-order valence-electron chi connectivity index (χ3n) is 3.76. The van der Waals surface area contributed by atoms with E-state index in [9.17, 15) is 4.79 Å². The van der Waals surface area contributed by atoms with E-state index in [1.54, 1.807) is 16.6 Å². The van der Waals surface area contributed by atoms with Crippen LogP contribution >= 0.6 is 0 Å². The minimum atomic E-state index is -0.406. The molecule has 7 heteroatoms. The van der Waals surface area contributed by atoms with Crippen LogP contribution in [0.4, 0.5) is 0 Å². The van der Waals surface area contributed by atoms with E-state index < -0.39 is 5.97 Å². The fraction of sp³-hybridized carbons (Fsp3) is 0.500. The molecule has 0 radical (unpaired) electrons. The molecule has 1 saturated heterocycles. The topological polar surface area (TPSA) is 63.0 Å². The maximum absolute atomic E-state index is 11.7. The van der Waals surface area contributed by atoms with Crippen LogP contribution in [0.2, 0.25) is 0 Å². The van der Waals surface area contributed by atoms with E-state index in [1.807, 2.05) is 6.07 Å². The molecule has 3 heterocycles. The monoisotopic (exact) mass is 289 g/mol. The minimum absolute atomic E-state index is 0.395. The number of pyridine rings is 1. The highest BCUT2D eigenvalue weighted by molar-refractivity contribution is 5.88. The number of ether oxygens (including phenoxy) is 1. The van der Waals surface area contributed by atoms with Gasteiger partial charge in [0, 0.05) is 26.2 Å². The van der Waals surface area contributed by atoms with Crippen LogP contribution in [-0.2, 0) is 11.3 Å². The van der Waals surface area contributed by atoms with Gasteiger partial charge < -0.3 is 9.64 Å². The molecule has 112 valence electrons. The zero-order valence-corrected chi connectivity index (χ0v) is 12.3. The molecule has 0 atom stereocenters. The highest BCUT2D eigenvalue weighted by Gasteiger charge is 2.18. The summed E-state index contributed by atoms with van der Waals surface area (Å²) < 4.78 is 6.32. The quantitative estimate of drug-likeness (QED) is 0.756. The van der Waals surface area contributed by atoms with E-state index in [1.165, 1.54) is 7.11 Å². The Morgan fingerprint density at radius 3 is 2.76 bits per heavy atom. The third-order valence-corrected chi connectivity index (χ3v) is 3.76. The molecular formula is C14H19N5O2. The maximum atomic E-state index is 11.7. The Morgan fingerprint density at radius 1 is 1.29 bits per heavy atom. The number of carbonyl (C=O) groups excluding carboxylic acids is 1. The van der Waals surface area contributed by atoms with E-state index >= 15 is 0 Å². The van der Waals surface area contributed by atoms with Crippen molar-refractivity contribution in [1.82, 2.24) is 24.4 Å². The average Bonchev–Trinajstić information content (AvgIpc) is 2.91. The fourth-order valence-corrected chi connectivity index (χ4v) is 2.48. The standard InChI is InChI=1S/C14H19N5O2/c1-17-6-8-18(9-7-17)10-12-15-13-5-3-4-11(14(20)21-2)19(13)16-12/h3-5H,6-10H2,1-2H3. The summed E-state index contributed by atoms with van der Waals surface area (Å²) in [4.78, 5) is 20.9.